The topological polar surface area (TPSA) is 38.8 Å². The number of rotatable bonds is 4. The Labute approximate surface area is 124 Å². The van der Waals surface area contributed by atoms with Gasteiger partial charge >= 0.3 is 0 Å². The van der Waals surface area contributed by atoms with Crippen molar-refractivity contribution in [3.05, 3.63) is 48.0 Å². The maximum absolute atomic E-state index is 12.3. The lowest BCUT2D eigenvalue weighted by Crippen LogP contribution is -2.22. The van der Waals surface area contributed by atoms with Crippen molar-refractivity contribution < 1.29 is 14.3 Å². The molecule has 0 atom stereocenters. The Hall–Kier alpha value is -2.49. The first kappa shape index (κ1) is 14.9. The first-order valence-electron chi connectivity index (χ1n) is 6.61. The number of amides is 1. The van der Waals surface area contributed by atoms with Crippen molar-refractivity contribution in [2.24, 2.45) is 0 Å². The molecule has 0 bridgehead atoms. The van der Waals surface area contributed by atoms with Crippen LogP contribution in [0, 0.1) is 0 Å². The Morgan fingerprint density at radius 3 is 2.24 bits per heavy atom. The molecule has 2 aromatic carbocycles. The predicted octanol–water partition coefficient (Wildman–Crippen LogP) is 3.07. The minimum atomic E-state index is -0.0274. The van der Waals surface area contributed by atoms with Crippen molar-refractivity contribution >= 4 is 5.91 Å². The number of hydrogen-bond donors (Lipinski definition) is 0. The molecule has 0 unspecified atom stereocenters. The Balaban J connectivity index is 2.55. The fraction of sp³-hybridized carbons (Fsp3) is 0.235. The first-order chi connectivity index (χ1) is 10.1. The van der Waals surface area contributed by atoms with Crippen LogP contribution in [0.3, 0.4) is 0 Å². The highest BCUT2D eigenvalue weighted by molar-refractivity contribution is 6.00. The molecule has 0 spiro atoms. The molecule has 21 heavy (non-hydrogen) atoms. The molecule has 0 aliphatic heterocycles. The van der Waals surface area contributed by atoms with Crippen LogP contribution in [-0.4, -0.2) is 39.1 Å². The summed E-state index contributed by atoms with van der Waals surface area (Å²) in [7, 11) is 6.68. The van der Waals surface area contributed by atoms with E-state index in [9.17, 15) is 4.79 Å². The summed E-state index contributed by atoms with van der Waals surface area (Å²) in [4.78, 5) is 13.9. The molecule has 110 valence electrons. The van der Waals surface area contributed by atoms with Gasteiger partial charge in [0.2, 0.25) is 0 Å². The van der Waals surface area contributed by atoms with Crippen LogP contribution in [0.2, 0.25) is 0 Å². The van der Waals surface area contributed by atoms with Crippen molar-refractivity contribution in [1.29, 1.82) is 0 Å². The van der Waals surface area contributed by atoms with E-state index in [2.05, 4.69) is 0 Å². The molecule has 0 heterocycles. The van der Waals surface area contributed by atoms with Crippen LogP contribution < -0.4 is 9.47 Å². The van der Waals surface area contributed by atoms with Gasteiger partial charge in [-0.3, -0.25) is 4.79 Å². The zero-order valence-corrected chi connectivity index (χ0v) is 12.7. The minimum Gasteiger partial charge on any atom is -0.493 e. The van der Waals surface area contributed by atoms with E-state index in [1.165, 1.54) is 0 Å². The third-order valence-electron chi connectivity index (χ3n) is 3.26. The van der Waals surface area contributed by atoms with E-state index in [1.54, 1.807) is 33.2 Å². The summed E-state index contributed by atoms with van der Waals surface area (Å²) in [6.07, 6.45) is 0. The molecule has 4 nitrogen and oxygen atoms in total. The monoisotopic (exact) mass is 285 g/mol. The van der Waals surface area contributed by atoms with E-state index in [1.807, 2.05) is 42.5 Å². The van der Waals surface area contributed by atoms with Crippen molar-refractivity contribution in [2.75, 3.05) is 28.3 Å². The molecule has 0 aromatic heterocycles. The van der Waals surface area contributed by atoms with Crippen molar-refractivity contribution in [2.45, 2.75) is 0 Å². The van der Waals surface area contributed by atoms with Gasteiger partial charge in [-0.05, 0) is 29.3 Å². The number of ether oxygens (including phenoxy) is 2. The Morgan fingerprint density at radius 1 is 0.952 bits per heavy atom. The van der Waals surface area contributed by atoms with Gasteiger partial charge in [0.1, 0.15) is 0 Å². The average Bonchev–Trinajstić information content (AvgIpc) is 2.53. The molecule has 0 aliphatic rings. The zero-order chi connectivity index (χ0) is 15.4. The van der Waals surface area contributed by atoms with Crippen LogP contribution >= 0.6 is 0 Å². The van der Waals surface area contributed by atoms with Gasteiger partial charge in [0.05, 0.1) is 14.2 Å². The second-order valence-corrected chi connectivity index (χ2v) is 4.81. The fourth-order valence-electron chi connectivity index (χ4n) is 2.17. The maximum atomic E-state index is 12.3. The van der Waals surface area contributed by atoms with Gasteiger partial charge in [-0.15, -0.1) is 0 Å². The van der Waals surface area contributed by atoms with Crippen LogP contribution in [0.4, 0.5) is 0 Å². The lowest BCUT2D eigenvalue weighted by Gasteiger charge is -2.15. The summed E-state index contributed by atoms with van der Waals surface area (Å²) >= 11 is 0. The van der Waals surface area contributed by atoms with Crippen LogP contribution in [0.15, 0.2) is 42.5 Å². The smallest absolute Gasteiger partial charge is 0.253 e. The Bertz CT molecular complexity index is 650. The van der Waals surface area contributed by atoms with Crippen LogP contribution in [-0.2, 0) is 0 Å². The number of carbonyl (C=O) groups excluding carboxylic acids is 1. The molecule has 2 rings (SSSR count). The van der Waals surface area contributed by atoms with Gasteiger partial charge in [-0.25, -0.2) is 0 Å². The summed E-state index contributed by atoms with van der Waals surface area (Å²) in [5.41, 5.74) is 2.45. The molecule has 1 amide bonds. The van der Waals surface area contributed by atoms with Crippen LogP contribution in [0.1, 0.15) is 10.4 Å². The van der Waals surface area contributed by atoms with Gasteiger partial charge in [0, 0.05) is 19.7 Å². The summed E-state index contributed by atoms with van der Waals surface area (Å²) < 4.78 is 10.6. The SMILES string of the molecule is COc1ccc(-c2ccccc2C(=O)N(C)C)cc1OC. The van der Waals surface area contributed by atoms with Crippen molar-refractivity contribution in [3.8, 4) is 22.6 Å². The number of carbonyl (C=O) groups is 1. The summed E-state index contributed by atoms with van der Waals surface area (Å²) in [5.74, 6) is 1.28. The second kappa shape index (κ2) is 6.31. The van der Waals surface area contributed by atoms with Crippen LogP contribution in [0.5, 0.6) is 11.5 Å². The fourth-order valence-corrected chi connectivity index (χ4v) is 2.17. The third kappa shape index (κ3) is 2.99. The highest BCUT2D eigenvalue weighted by Crippen LogP contribution is 2.33. The lowest BCUT2D eigenvalue weighted by molar-refractivity contribution is 0.0828. The number of methoxy groups -OCH3 is 2. The second-order valence-electron chi connectivity index (χ2n) is 4.81. The largest absolute Gasteiger partial charge is 0.493 e. The molecule has 2 aromatic rings. The summed E-state index contributed by atoms with van der Waals surface area (Å²) in [6, 6.07) is 13.2. The Kier molecular flexibility index (Phi) is 4.48. The van der Waals surface area contributed by atoms with Gasteiger partial charge in [0.25, 0.3) is 5.91 Å². The predicted molar refractivity (Wildman–Crippen MR) is 83.0 cm³/mol. The normalized spacial score (nSPS) is 10.1. The highest BCUT2D eigenvalue weighted by atomic mass is 16.5. The number of hydrogen-bond acceptors (Lipinski definition) is 3. The van der Waals surface area contributed by atoms with E-state index >= 15 is 0 Å². The van der Waals surface area contributed by atoms with Gasteiger partial charge < -0.3 is 14.4 Å². The van der Waals surface area contributed by atoms with Crippen molar-refractivity contribution in [1.82, 2.24) is 4.90 Å². The van der Waals surface area contributed by atoms with Gasteiger partial charge in [-0.1, -0.05) is 24.3 Å². The number of nitrogens with zero attached hydrogens (tertiary/aromatic N) is 1. The quantitative estimate of drug-likeness (QED) is 0.866. The number of benzene rings is 2. The van der Waals surface area contributed by atoms with E-state index < -0.39 is 0 Å². The molecule has 0 fully saturated rings. The molecule has 0 aliphatic carbocycles. The van der Waals surface area contributed by atoms with E-state index in [0.29, 0.717) is 17.1 Å². The maximum Gasteiger partial charge on any atom is 0.253 e. The van der Waals surface area contributed by atoms with E-state index in [4.69, 9.17) is 9.47 Å². The molecular formula is C17H19NO3. The summed E-state index contributed by atoms with van der Waals surface area (Å²) in [6.45, 7) is 0. The highest BCUT2D eigenvalue weighted by Gasteiger charge is 2.15. The van der Waals surface area contributed by atoms with Crippen LogP contribution in [0.25, 0.3) is 11.1 Å². The molecule has 0 saturated carbocycles. The van der Waals surface area contributed by atoms with Gasteiger partial charge in [0.15, 0.2) is 11.5 Å². The lowest BCUT2D eigenvalue weighted by atomic mass is 9.98. The third-order valence-corrected chi connectivity index (χ3v) is 3.26. The standard InChI is InChI=1S/C17H19NO3/c1-18(2)17(19)14-8-6-5-7-13(14)12-9-10-15(20-3)16(11-12)21-4/h5-11H,1-4H3. The summed E-state index contributed by atoms with van der Waals surface area (Å²) in [5, 5.41) is 0. The molecule has 4 heteroatoms. The van der Waals surface area contributed by atoms with E-state index in [0.717, 1.165) is 11.1 Å². The van der Waals surface area contributed by atoms with Gasteiger partial charge in [-0.2, -0.15) is 0 Å². The van der Waals surface area contributed by atoms with E-state index in [-0.39, 0.29) is 5.91 Å². The molecule has 0 N–H and O–H groups in total. The average molecular weight is 285 g/mol. The first-order valence-corrected chi connectivity index (χ1v) is 6.61. The zero-order valence-electron chi connectivity index (χ0n) is 12.7. The minimum absolute atomic E-state index is 0.0274. The molecule has 0 saturated heterocycles. The van der Waals surface area contributed by atoms with Crippen molar-refractivity contribution in [3.63, 3.8) is 0 Å². The molecular weight excluding hydrogens is 266 g/mol. The Morgan fingerprint density at radius 2 is 1.62 bits per heavy atom. The molecule has 0 radical (unpaired) electrons.